The zero-order valence-electron chi connectivity index (χ0n) is 15.6. The first-order chi connectivity index (χ1) is 13.9. The van der Waals surface area contributed by atoms with Gasteiger partial charge in [-0.1, -0.05) is 0 Å². The molecule has 0 aromatic heterocycles. The maximum Gasteiger partial charge on any atom is 0.258 e. The average molecular weight is 408 g/mol. The molecule has 0 radical (unpaired) electrons. The predicted octanol–water partition coefficient (Wildman–Crippen LogP) is 1.41. The van der Waals surface area contributed by atoms with Crippen molar-refractivity contribution in [3.05, 3.63) is 60.2 Å². The highest BCUT2D eigenvalue weighted by atomic mass is 19.1. The van der Waals surface area contributed by atoms with Crippen LogP contribution in [0.1, 0.15) is 6.42 Å². The molecule has 156 valence electrons. The third-order valence-corrected chi connectivity index (χ3v) is 3.70. The molecular formula is C20H22F2N2O5. The Morgan fingerprint density at radius 2 is 1.28 bits per heavy atom. The predicted molar refractivity (Wildman–Crippen MR) is 100 cm³/mol. The van der Waals surface area contributed by atoms with E-state index in [9.17, 15) is 23.5 Å². The Bertz CT molecular complexity index is 784. The summed E-state index contributed by atoms with van der Waals surface area (Å²) in [4.78, 5) is 23.3. The van der Waals surface area contributed by atoms with Crippen LogP contribution in [0.15, 0.2) is 48.5 Å². The zero-order valence-corrected chi connectivity index (χ0v) is 15.6. The summed E-state index contributed by atoms with van der Waals surface area (Å²) in [6, 6.07) is 10.5. The molecule has 0 fully saturated rings. The standard InChI is InChI=1S/C20H22F2N2O5/c21-14-1-5-17(6-2-14)28-12-19(26)23-10-9-16(25)11-24-20(27)13-29-18-7-3-15(22)4-8-18/h1-8,16,25H,9-13H2,(H,23,26)(H,24,27)/t16-/m0/s1. The van der Waals surface area contributed by atoms with Gasteiger partial charge in [-0.05, 0) is 55.0 Å². The number of carbonyl (C=O) groups is 2. The van der Waals surface area contributed by atoms with Gasteiger partial charge < -0.3 is 25.2 Å². The van der Waals surface area contributed by atoms with Gasteiger partial charge in [-0.15, -0.1) is 0 Å². The fourth-order valence-electron chi connectivity index (χ4n) is 2.17. The van der Waals surface area contributed by atoms with Crippen LogP contribution in [0.25, 0.3) is 0 Å². The van der Waals surface area contributed by atoms with Crippen LogP contribution >= 0.6 is 0 Å². The molecule has 29 heavy (non-hydrogen) atoms. The van der Waals surface area contributed by atoms with Gasteiger partial charge in [0.05, 0.1) is 6.10 Å². The summed E-state index contributed by atoms with van der Waals surface area (Å²) in [5.74, 6) is -0.910. The summed E-state index contributed by atoms with van der Waals surface area (Å²) in [6.07, 6.45) is -0.635. The van der Waals surface area contributed by atoms with Gasteiger partial charge in [0.25, 0.3) is 11.8 Å². The summed E-state index contributed by atoms with van der Waals surface area (Å²) in [6.45, 7) is -0.322. The minimum atomic E-state index is -0.858. The van der Waals surface area contributed by atoms with Gasteiger partial charge in [0.2, 0.25) is 0 Å². The molecule has 0 saturated heterocycles. The molecular weight excluding hydrogens is 386 g/mol. The lowest BCUT2D eigenvalue weighted by Gasteiger charge is -2.13. The second-order valence-corrected chi connectivity index (χ2v) is 6.08. The van der Waals surface area contributed by atoms with Crippen molar-refractivity contribution in [2.75, 3.05) is 26.3 Å². The van der Waals surface area contributed by atoms with Gasteiger partial charge in [0.15, 0.2) is 13.2 Å². The molecule has 2 rings (SSSR count). The fraction of sp³-hybridized carbons (Fsp3) is 0.300. The van der Waals surface area contributed by atoms with E-state index in [1.54, 1.807) is 0 Å². The Morgan fingerprint density at radius 1 is 0.828 bits per heavy atom. The third-order valence-electron chi connectivity index (χ3n) is 3.70. The Kier molecular flexibility index (Phi) is 8.84. The molecule has 7 nitrogen and oxygen atoms in total. The molecule has 0 aliphatic carbocycles. The summed E-state index contributed by atoms with van der Waals surface area (Å²) < 4.78 is 35.9. The number of amides is 2. The highest BCUT2D eigenvalue weighted by molar-refractivity contribution is 5.78. The first kappa shape index (κ1) is 22.1. The number of nitrogens with one attached hydrogen (secondary N) is 2. The van der Waals surface area contributed by atoms with Gasteiger partial charge >= 0.3 is 0 Å². The number of benzene rings is 2. The van der Waals surface area contributed by atoms with E-state index < -0.39 is 29.6 Å². The molecule has 0 saturated carbocycles. The number of hydrogen-bond donors (Lipinski definition) is 3. The van der Waals surface area contributed by atoms with E-state index in [4.69, 9.17) is 9.47 Å². The maximum atomic E-state index is 12.8. The van der Waals surface area contributed by atoms with Crippen molar-refractivity contribution in [1.82, 2.24) is 10.6 Å². The number of rotatable bonds is 11. The van der Waals surface area contributed by atoms with E-state index in [-0.39, 0.29) is 32.7 Å². The molecule has 2 aromatic carbocycles. The van der Waals surface area contributed by atoms with Gasteiger partial charge in [0.1, 0.15) is 23.1 Å². The number of hydrogen-bond acceptors (Lipinski definition) is 5. The van der Waals surface area contributed by atoms with Crippen LogP contribution in [0.4, 0.5) is 8.78 Å². The molecule has 3 N–H and O–H groups in total. The Balaban J connectivity index is 1.53. The van der Waals surface area contributed by atoms with E-state index in [1.165, 1.54) is 48.5 Å². The normalized spacial score (nSPS) is 11.4. The van der Waals surface area contributed by atoms with Crippen LogP contribution in [0.2, 0.25) is 0 Å². The Morgan fingerprint density at radius 3 is 1.76 bits per heavy atom. The largest absolute Gasteiger partial charge is 0.484 e. The highest BCUT2D eigenvalue weighted by Crippen LogP contribution is 2.11. The number of aliphatic hydroxyl groups is 1. The minimum absolute atomic E-state index is 0.00639. The minimum Gasteiger partial charge on any atom is -0.484 e. The topological polar surface area (TPSA) is 96.9 Å². The monoisotopic (exact) mass is 408 g/mol. The summed E-state index contributed by atoms with van der Waals surface area (Å²) in [5, 5.41) is 14.9. The van der Waals surface area contributed by atoms with Crippen molar-refractivity contribution in [2.24, 2.45) is 0 Å². The third kappa shape index (κ3) is 9.02. The fourth-order valence-corrected chi connectivity index (χ4v) is 2.17. The molecule has 0 spiro atoms. The second kappa shape index (κ2) is 11.6. The number of aliphatic hydroxyl groups excluding tert-OH is 1. The number of ether oxygens (including phenoxy) is 2. The molecule has 0 bridgehead atoms. The average Bonchev–Trinajstić information content (AvgIpc) is 2.71. The van der Waals surface area contributed by atoms with Crippen molar-refractivity contribution in [1.29, 1.82) is 0 Å². The lowest BCUT2D eigenvalue weighted by atomic mass is 10.2. The van der Waals surface area contributed by atoms with Crippen molar-refractivity contribution in [3.8, 4) is 11.5 Å². The van der Waals surface area contributed by atoms with Crippen LogP contribution < -0.4 is 20.1 Å². The van der Waals surface area contributed by atoms with Crippen LogP contribution in [-0.4, -0.2) is 49.3 Å². The van der Waals surface area contributed by atoms with Gasteiger partial charge in [-0.2, -0.15) is 0 Å². The molecule has 0 aliphatic rings. The first-order valence-corrected chi connectivity index (χ1v) is 8.90. The lowest BCUT2D eigenvalue weighted by Crippen LogP contribution is -2.37. The van der Waals surface area contributed by atoms with E-state index >= 15 is 0 Å². The molecule has 2 amide bonds. The second-order valence-electron chi connectivity index (χ2n) is 6.08. The SMILES string of the molecule is O=C(COc1ccc(F)cc1)NCC[C@H](O)CNC(=O)COc1ccc(F)cc1. The molecule has 0 unspecified atom stereocenters. The first-order valence-electron chi connectivity index (χ1n) is 8.90. The molecule has 2 aromatic rings. The Hall–Kier alpha value is -3.20. The van der Waals surface area contributed by atoms with Crippen LogP contribution in [0.3, 0.4) is 0 Å². The molecule has 0 aliphatic heterocycles. The van der Waals surface area contributed by atoms with E-state index in [0.717, 1.165) is 0 Å². The smallest absolute Gasteiger partial charge is 0.258 e. The van der Waals surface area contributed by atoms with Gasteiger partial charge in [0, 0.05) is 13.1 Å². The highest BCUT2D eigenvalue weighted by Gasteiger charge is 2.09. The van der Waals surface area contributed by atoms with Crippen molar-refractivity contribution in [3.63, 3.8) is 0 Å². The lowest BCUT2D eigenvalue weighted by molar-refractivity contribution is -0.124. The number of halogens is 2. The number of carbonyl (C=O) groups excluding carboxylic acids is 2. The van der Waals surface area contributed by atoms with Crippen LogP contribution in [0.5, 0.6) is 11.5 Å². The van der Waals surface area contributed by atoms with Gasteiger partial charge in [-0.3, -0.25) is 9.59 Å². The van der Waals surface area contributed by atoms with Crippen molar-refractivity contribution in [2.45, 2.75) is 12.5 Å². The van der Waals surface area contributed by atoms with Crippen LogP contribution in [0, 0.1) is 11.6 Å². The van der Waals surface area contributed by atoms with Gasteiger partial charge in [-0.25, -0.2) is 8.78 Å². The summed E-state index contributed by atoms with van der Waals surface area (Å²) >= 11 is 0. The van der Waals surface area contributed by atoms with Crippen molar-refractivity contribution < 1.29 is 33.0 Å². The molecule has 1 atom stereocenters. The van der Waals surface area contributed by atoms with E-state index in [2.05, 4.69) is 10.6 Å². The Labute approximate surface area is 166 Å². The van der Waals surface area contributed by atoms with Crippen molar-refractivity contribution >= 4 is 11.8 Å². The summed E-state index contributed by atoms with van der Waals surface area (Å²) in [7, 11) is 0. The van der Waals surface area contributed by atoms with E-state index in [0.29, 0.717) is 11.5 Å². The maximum absolute atomic E-state index is 12.8. The zero-order chi connectivity index (χ0) is 21.1. The van der Waals surface area contributed by atoms with Crippen LogP contribution in [-0.2, 0) is 9.59 Å². The molecule has 9 heteroatoms. The molecule has 0 heterocycles. The quantitative estimate of drug-likeness (QED) is 0.522. The van der Waals surface area contributed by atoms with E-state index in [1.807, 2.05) is 0 Å². The summed E-state index contributed by atoms with van der Waals surface area (Å²) in [5.41, 5.74) is 0.